The van der Waals surface area contributed by atoms with E-state index >= 15 is 0 Å². The fraction of sp³-hybridized carbons (Fsp3) is 0.188. The van der Waals surface area contributed by atoms with E-state index in [2.05, 4.69) is 5.32 Å². The van der Waals surface area contributed by atoms with Crippen LogP contribution in [0.4, 0.5) is 5.69 Å². The molecular formula is C32H31Cl2N3O4S. The average molecular weight is 625 g/mol. The van der Waals surface area contributed by atoms with Gasteiger partial charge in [-0.1, -0.05) is 95.5 Å². The third kappa shape index (κ3) is 7.50. The molecule has 0 saturated heterocycles. The molecule has 218 valence electrons. The van der Waals surface area contributed by atoms with Gasteiger partial charge < -0.3 is 10.2 Å². The molecule has 1 atom stereocenters. The van der Waals surface area contributed by atoms with Gasteiger partial charge in [0.1, 0.15) is 12.6 Å². The molecule has 0 heterocycles. The first kappa shape index (κ1) is 31.1. The molecule has 0 unspecified atom stereocenters. The highest BCUT2D eigenvalue weighted by molar-refractivity contribution is 7.92. The van der Waals surface area contributed by atoms with Crippen molar-refractivity contribution >= 4 is 50.7 Å². The molecule has 0 aliphatic carbocycles. The number of nitrogens with zero attached hydrogens (tertiary/aromatic N) is 2. The topological polar surface area (TPSA) is 86.8 Å². The van der Waals surface area contributed by atoms with Gasteiger partial charge in [-0.25, -0.2) is 8.42 Å². The van der Waals surface area contributed by atoms with Crippen molar-refractivity contribution in [1.82, 2.24) is 10.2 Å². The van der Waals surface area contributed by atoms with Crippen molar-refractivity contribution in [2.75, 3.05) is 17.9 Å². The predicted octanol–water partition coefficient (Wildman–Crippen LogP) is 5.88. The van der Waals surface area contributed by atoms with Gasteiger partial charge in [0, 0.05) is 30.1 Å². The molecule has 4 aromatic carbocycles. The molecule has 0 bridgehead atoms. The second-order valence-corrected chi connectivity index (χ2v) is 12.4. The van der Waals surface area contributed by atoms with Gasteiger partial charge in [-0.2, -0.15) is 0 Å². The molecule has 1 N–H and O–H groups in total. The maximum absolute atomic E-state index is 14.3. The van der Waals surface area contributed by atoms with Crippen LogP contribution in [0.3, 0.4) is 0 Å². The molecular weight excluding hydrogens is 593 g/mol. The van der Waals surface area contributed by atoms with Gasteiger partial charge in [-0.3, -0.25) is 13.9 Å². The van der Waals surface area contributed by atoms with Crippen LogP contribution in [0, 0.1) is 6.92 Å². The van der Waals surface area contributed by atoms with Gasteiger partial charge in [0.05, 0.1) is 10.6 Å². The highest BCUT2D eigenvalue weighted by Gasteiger charge is 2.34. The molecule has 0 saturated carbocycles. The van der Waals surface area contributed by atoms with Crippen LogP contribution < -0.4 is 9.62 Å². The largest absolute Gasteiger partial charge is 0.357 e. The molecule has 0 radical (unpaired) electrons. The fourth-order valence-electron chi connectivity index (χ4n) is 4.51. The van der Waals surface area contributed by atoms with E-state index in [0.717, 1.165) is 15.4 Å². The minimum atomic E-state index is -4.15. The first-order valence-corrected chi connectivity index (χ1v) is 15.4. The number of nitrogens with one attached hydrogen (secondary N) is 1. The van der Waals surface area contributed by atoms with E-state index in [0.29, 0.717) is 21.3 Å². The Hall–Kier alpha value is -3.85. The van der Waals surface area contributed by atoms with Crippen molar-refractivity contribution in [3.63, 3.8) is 0 Å². The Morgan fingerprint density at radius 2 is 1.48 bits per heavy atom. The fourth-order valence-corrected chi connectivity index (χ4v) is 6.42. The minimum absolute atomic E-state index is 0.0396. The quantitative estimate of drug-likeness (QED) is 0.226. The minimum Gasteiger partial charge on any atom is -0.357 e. The first-order chi connectivity index (χ1) is 20.1. The second kappa shape index (κ2) is 13.9. The van der Waals surface area contributed by atoms with Crippen LogP contribution in [-0.2, 0) is 32.6 Å². The van der Waals surface area contributed by atoms with Gasteiger partial charge in [-0.05, 0) is 54.4 Å². The summed E-state index contributed by atoms with van der Waals surface area (Å²) in [7, 11) is -2.65. The highest BCUT2D eigenvalue weighted by Crippen LogP contribution is 2.27. The summed E-state index contributed by atoms with van der Waals surface area (Å²) in [6, 6.07) is 28.0. The molecule has 7 nitrogen and oxygen atoms in total. The van der Waals surface area contributed by atoms with Crippen LogP contribution in [0.25, 0.3) is 0 Å². The lowest BCUT2D eigenvalue weighted by Gasteiger charge is -2.33. The molecule has 0 spiro atoms. The van der Waals surface area contributed by atoms with Gasteiger partial charge in [0.25, 0.3) is 10.0 Å². The maximum Gasteiger partial charge on any atom is 0.264 e. The SMILES string of the molecule is CNC(=O)[C@@H](Cc1ccccc1)N(Cc1ccc(Cl)cc1Cl)C(=O)CN(c1ccc(C)cc1)S(=O)(=O)c1ccccc1. The lowest BCUT2D eigenvalue weighted by atomic mass is 10.0. The number of sulfonamides is 1. The Morgan fingerprint density at radius 1 is 0.857 bits per heavy atom. The smallest absolute Gasteiger partial charge is 0.264 e. The molecule has 0 aliphatic rings. The number of hydrogen-bond acceptors (Lipinski definition) is 4. The van der Waals surface area contributed by atoms with Crippen LogP contribution in [0.15, 0.2) is 108 Å². The van der Waals surface area contributed by atoms with Crippen LogP contribution >= 0.6 is 23.2 Å². The monoisotopic (exact) mass is 623 g/mol. The Morgan fingerprint density at radius 3 is 2.07 bits per heavy atom. The van der Waals surface area contributed by atoms with E-state index in [1.807, 2.05) is 37.3 Å². The summed E-state index contributed by atoms with van der Waals surface area (Å²) >= 11 is 12.6. The van der Waals surface area contributed by atoms with Crippen molar-refractivity contribution in [2.24, 2.45) is 0 Å². The van der Waals surface area contributed by atoms with Crippen LogP contribution in [0.1, 0.15) is 16.7 Å². The molecule has 2 amide bonds. The molecule has 42 heavy (non-hydrogen) atoms. The van der Waals surface area contributed by atoms with E-state index in [4.69, 9.17) is 23.2 Å². The van der Waals surface area contributed by atoms with Crippen LogP contribution in [-0.4, -0.2) is 44.8 Å². The molecule has 0 aliphatic heterocycles. The van der Waals surface area contributed by atoms with E-state index in [-0.39, 0.29) is 17.9 Å². The normalized spacial score (nSPS) is 11.9. The number of likely N-dealkylation sites (N-methyl/N-ethyl adjacent to an activating group) is 1. The van der Waals surface area contributed by atoms with E-state index < -0.39 is 34.4 Å². The Balaban J connectivity index is 1.79. The number of carbonyl (C=O) groups excluding carboxylic acids is 2. The summed E-state index contributed by atoms with van der Waals surface area (Å²) in [5.74, 6) is -0.976. The summed E-state index contributed by atoms with van der Waals surface area (Å²) in [6.07, 6.45) is 0.202. The Bertz CT molecular complexity index is 1630. The Kier molecular flexibility index (Phi) is 10.3. The summed E-state index contributed by atoms with van der Waals surface area (Å²) in [5.41, 5.74) is 2.65. The second-order valence-electron chi connectivity index (χ2n) is 9.74. The van der Waals surface area contributed by atoms with E-state index in [1.165, 1.54) is 24.1 Å². The summed E-state index contributed by atoms with van der Waals surface area (Å²) in [6.45, 7) is 1.29. The third-order valence-corrected chi connectivity index (χ3v) is 9.18. The van der Waals surface area contributed by atoms with Gasteiger partial charge in [0.2, 0.25) is 11.8 Å². The standard InChI is InChI=1S/C32H31Cl2N3O4S/c1-23-13-17-27(18-14-23)37(42(40,41)28-11-7-4-8-12-28)22-31(38)36(21-25-15-16-26(33)20-29(25)34)30(32(39)35-2)19-24-9-5-3-6-10-24/h3-18,20,30H,19,21-22H2,1-2H3,(H,35,39)/t30-/m1/s1. The Labute approximate surface area is 256 Å². The lowest BCUT2D eigenvalue weighted by molar-refractivity contribution is -0.139. The zero-order valence-corrected chi connectivity index (χ0v) is 25.5. The van der Waals surface area contributed by atoms with Gasteiger partial charge in [-0.15, -0.1) is 0 Å². The van der Waals surface area contributed by atoms with Crippen molar-refractivity contribution in [1.29, 1.82) is 0 Å². The van der Waals surface area contributed by atoms with Crippen LogP contribution in [0.2, 0.25) is 10.0 Å². The van der Waals surface area contributed by atoms with Crippen LogP contribution in [0.5, 0.6) is 0 Å². The van der Waals surface area contributed by atoms with Crippen molar-refractivity contribution in [3.8, 4) is 0 Å². The first-order valence-electron chi connectivity index (χ1n) is 13.2. The number of carbonyl (C=O) groups is 2. The van der Waals surface area contributed by atoms with Gasteiger partial charge >= 0.3 is 0 Å². The number of rotatable bonds is 11. The zero-order valence-electron chi connectivity index (χ0n) is 23.2. The number of aryl methyl sites for hydroxylation is 1. The lowest BCUT2D eigenvalue weighted by Crippen LogP contribution is -2.53. The molecule has 0 fully saturated rings. The van der Waals surface area contributed by atoms with Gasteiger partial charge in [0.15, 0.2) is 0 Å². The molecule has 0 aromatic heterocycles. The van der Waals surface area contributed by atoms with E-state index in [9.17, 15) is 18.0 Å². The maximum atomic E-state index is 14.3. The molecule has 4 rings (SSSR count). The predicted molar refractivity (Wildman–Crippen MR) is 167 cm³/mol. The number of hydrogen-bond donors (Lipinski definition) is 1. The average Bonchev–Trinajstić information content (AvgIpc) is 2.99. The third-order valence-electron chi connectivity index (χ3n) is 6.81. The summed E-state index contributed by atoms with van der Waals surface area (Å²) in [5, 5.41) is 3.41. The number of halogens is 2. The van der Waals surface area contributed by atoms with Crippen molar-refractivity contribution in [3.05, 3.63) is 130 Å². The summed E-state index contributed by atoms with van der Waals surface area (Å²) in [4.78, 5) is 29.0. The van der Waals surface area contributed by atoms with Crippen molar-refractivity contribution < 1.29 is 18.0 Å². The highest BCUT2D eigenvalue weighted by atomic mass is 35.5. The molecule has 10 heteroatoms. The molecule has 4 aromatic rings. The zero-order chi connectivity index (χ0) is 30.3. The summed E-state index contributed by atoms with van der Waals surface area (Å²) < 4.78 is 28.9. The number of benzene rings is 4. The van der Waals surface area contributed by atoms with E-state index in [1.54, 1.807) is 60.7 Å². The van der Waals surface area contributed by atoms with Crippen molar-refractivity contribution in [2.45, 2.75) is 30.8 Å². The number of amides is 2. The number of anilines is 1.